The predicted octanol–water partition coefficient (Wildman–Crippen LogP) is 3.95. The van der Waals surface area contributed by atoms with Crippen LogP contribution in [0.3, 0.4) is 0 Å². The number of aromatic nitrogens is 2. The fourth-order valence-electron chi connectivity index (χ4n) is 7.14. The van der Waals surface area contributed by atoms with E-state index in [0.29, 0.717) is 20.9 Å². The largest absolute Gasteiger partial charge is 0.416 e. The number of carbonyl (C=O) groups is 3. The zero-order valence-corrected chi connectivity index (χ0v) is 25.9. The molecule has 0 saturated carbocycles. The van der Waals surface area contributed by atoms with Crippen molar-refractivity contribution >= 4 is 17.8 Å². The van der Waals surface area contributed by atoms with Gasteiger partial charge in [-0.25, -0.2) is 22.4 Å². The normalized spacial score (nSPS) is 23.6. The number of ether oxygens (including phenoxy) is 1. The molecule has 49 heavy (non-hydrogen) atoms. The smallest absolute Gasteiger partial charge is 0.376 e. The molecule has 0 radical (unpaired) electrons. The molecule has 4 heterocycles. The van der Waals surface area contributed by atoms with Crippen molar-refractivity contribution in [2.75, 3.05) is 39.9 Å². The molecule has 17 heteroatoms. The second-order valence-electron chi connectivity index (χ2n) is 13.2. The van der Waals surface area contributed by atoms with Crippen molar-refractivity contribution in [3.8, 4) is 11.1 Å². The van der Waals surface area contributed by atoms with Gasteiger partial charge in [0.25, 0.3) is 11.8 Å². The second-order valence-corrected chi connectivity index (χ2v) is 13.2. The number of benzene rings is 2. The van der Waals surface area contributed by atoms with Crippen molar-refractivity contribution in [3.63, 3.8) is 0 Å². The van der Waals surface area contributed by atoms with E-state index in [1.807, 2.05) is 0 Å². The first-order chi connectivity index (χ1) is 23.0. The van der Waals surface area contributed by atoms with Crippen LogP contribution in [0, 0.1) is 5.82 Å². The van der Waals surface area contributed by atoms with Crippen LogP contribution in [0.5, 0.6) is 0 Å². The number of hydrogen-bond donors (Lipinski definition) is 1. The van der Waals surface area contributed by atoms with Gasteiger partial charge >= 0.3 is 12.2 Å². The molecule has 3 fully saturated rings. The summed E-state index contributed by atoms with van der Waals surface area (Å²) in [6, 6.07) is 6.96. The molecule has 1 aromatic heterocycles. The van der Waals surface area contributed by atoms with Gasteiger partial charge in [0.15, 0.2) is 16.7 Å². The van der Waals surface area contributed by atoms with Crippen LogP contribution in [0.1, 0.15) is 23.1 Å². The Morgan fingerprint density at radius 3 is 2.33 bits per heavy atom. The minimum absolute atomic E-state index is 0.0327. The number of fused-ring (bicyclic) bond motifs is 2. The number of carbonyl (C=O) groups excluding carboxylic acids is 3. The SMILES string of the molecule is CN1CC(F)(Cn2cc(-c3ccc4c(c3)C(F)(F)C[C@]43NC(=O)N(CC(=O)N(Cc4ccc(F)cc4)C4(C(F)(F)F)COC4)C3=O)cn2)C1. The van der Waals surface area contributed by atoms with Crippen molar-refractivity contribution in [3.05, 3.63) is 77.4 Å². The van der Waals surface area contributed by atoms with Gasteiger partial charge < -0.3 is 15.0 Å². The molecule has 10 nitrogen and oxygen atoms in total. The van der Waals surface area contributed by atoms with Crippen LogP contribution in [0.4, 0.5) is 35.5 Å². The molecular weight excluding hydrogens is 665 g/mol. The Morgan fingerprint density at radius 2 is 1.71 bits per heavy atom. The van der Waals surface area contributed by atoms with Crippen molar-refractivity contribution in [2.24, 2.45) is 0 Å². The third-order valence-electron chi connectivity index (χ3n) is 9.63. The van der Waals surface area contributed by atoms with Gasteiger partial charge in [0.05, 0.1) is 32.4 Å². The van der Waals surface area contributed by atoms with E-state index < -0.39 is 90.8 Å². The summed E-state index contributed by atoms with van der Waals surface area (Å²) in [5.41, 5.74) is -6.53. The molecule has 1 atom stereocenters. The Bertz CT molecular complexity index is 1840. The van der Waals surface area contributed by atoms with Gasteiger partial charge in [-0.1, -0.05) is 24.3 Å². The molecule has 3 saturated heterocycles. The van der Waals surface area contributed by atoms with Crippen molar-refractivity contribution < 1.29 is 49.9 Å². The predicted molar refractivity (Wildman–Crippen MR) is 156 cm³/mol. The molecule has 1 aliphatic carbocycles. The number of amides is 4. The third-order valence-corrected chi connectivity index (χ3v) is 9.63. The van der Waals surface area contributed by atoms with Crippen LogP contribution in [0.25, 0.3) is 11.1 Å². The lowest BCUT2D eigenvalue weighted by Gasteiger charge is -2.50. The van der Waals surface area contributed by atoms with Crippen LogP contribution in [0.2, 0.25) is 0 Å². The topological polar surface area (TPSA) is 100 Å². The first-order valence-corrected chi connectivity index (χ1v) is 15.2. The van der Waals surface area contributed by atoms with Gasteiger partial charge in [-0.05, 0) is 41.9 Å². The lowest BCUT2D eigenvalue weighted by atomic mass is 9.90. The van der Waals surface area contributed by atoms with Crippen molar-refractivity contribution in [1.29, 1.82) is 0 Å². The number of nitrogens with zero attached hydrogens (tertiary/aromatic N) is 5. The van der Waals surface area contributed by atoms with Gasteiger partial charge in [-0.2, -0.15) is 18.3 Å². The van der Waals surface area contributed by atoms with E-state index in [1.54, 1.807) is 11.9 Å². The van der Waals surface area contributed by atoms with Gasteiger partial charge in [0, 0.05) is 37.0 Å². The average Bonchev–Trinajstić information content (AvgIpc) is 3.60. The number of hydrogen-bond acceptors (Lipinski definition) is 6. The lowest BCUT2D eigenvalue weighted by Crippen LogP contribution is -2.72. The fraction of sp³-hybridized carbons (Fsp3) is 0.438. The molecule has 3 aliphatic heterocycles. The van der Waals surface area contributed by atoms with Gasteiger partial charge in [0.1, 0.15) is 12.4 Å². The van der Waals surface area contributed by atoms with E-state index in [-0.39, 0.29) is 30.8 Å². The van der Waals surface area contributed by atoms with Crippen LogP contribution in [0.15, 0.2) is 54.9 Å². The number of rotatable bonds is 8. The first kappa shape index (κ1) is 33.0. The molecule has 3 aromatic rings. The molecule has 4 aliphatic rings. The third kappa shape index (κ3) is 5.33. The standard InChI is InChI=1S/C32H29F7N6O4/c1-42-14-28(34,15-42)16-43-11-21(9-40-43)20-4-7-23-24(8-20)31(35,36)13-30(23)26(47)44(27(48)41-30)12-25(46)45(10-19-2-5-22(33)6-3-19)29(17-49-18-29)32(37,38)39/h2-9,11H,10,12-18H2,1H3,(H,41,48)/t30-/m0/s1. The summed E-state index contributed by atoms with van der Waals surface area (Å²) in [5.74, 6) is -6.82. The number of likely N-dealkylation sites (tertiary alicyclic amines) is 1. The summed E-state index contributed by atoms with van der Waals surface area (Å²) in [6.07, 6.45) is -3.27. The average molecular weight is 695 g/mol. The molecule has 0 bridgehead atoms. The zero-order chi connectivity index (χ0) is 35.1. The molecule has 4 amide bonds. The summed E-state index contributed by atoms with van der Waals surface area (Å²) in [7, 11) is 1.77. The Morgan fingerprint density at radius 1 is 1.02 bits per heavy atom. The Hall–Kier alpha value is -4.51. The summed E-state index contributed by atoms with van der Waals surface area (Å²) in [6.45, 7) is -3.27. The van der Waals surface area contributed by atoms with Gasteiger partial charge in [-0.3, -0.25) is 24.1 Å². The quantitative estimate of drug-likeness (QED) is 0.284. The fourth-order valence-corrected chi connectivity index (χ4v) is 7.14. The van der Waals surface area contributed by atoms with Gasteiger partial charge in [-0.15, -0.1) is 0 Å². The highest BCUT2D eigenvalue weighted by Gasteiger charge is 2.67. The van der Waals surface area contributed by atoms with E-state index >= 15 is 8.78 Å². The molecule has 7 rings (SSSR count). The molecule has 1 N–H and O–H groups in total. The summed E-state index contributed by atoms with van der Waals surface area (Å²) >= 11 is 0. The molecule has 260 valence electrons. The highest BCUT2D eigenvalue weighted by molar-refractivity contribution is 6.10. The van der Waals surface area contributed by atoms with E-state index in [4.69, 9.17) is 4.74 Å². The van der Waals surface area contributed by atoms with Crippen molar-refractivity contribution in [1.82, 2.24) is 29.8 Å². The highest BCUT2D eigenvalue weighted by atomic mass is 19.4. The Labute approximate surface area is 274 Å². The Balaban J connectivity index is 1.15. The Kier molecular flexibility index (Phi) is 7.41. The van der Waals surface area contributed by atoms with E-state index in [9.17, 15) is 36.3 Å². The van der Waals surface area contributed by atoms with Crippen LogP contribution in [-0.2, 0) is 38.9 Å². The highest BCUT2D eigenvalue weighted by Crippen LogP contribution is 2.53. The maximum atomic E-state index is 15.6. The number of urea groups is 1. The summed E-state index contributed by atoms with van der Waals surface area (Å²) in [4.78, 5) is 43.1. The van der Waals surface area contributed by atoms with E-state index in [0.717, 1.165) is 18.2 Å². The number of alkyl halides is 6. The zero-order valence-electron chi connectivity index (χ0n) is 25.9. The minimum Gasteiger partial charge on any atom is -0.376 e. The maximum Gasteiger partial charge on any atom is 0.416 e. The number of nitrogens with one attached hydrogen (secondary N) is 1. The first-order valence-electron chi connectivity index (χ1n) is 15.2. The monoisotopic (exact) mass is 694 g/mol. The molecule has 1 spiro atoms. The second kappa shape index (κ2) is 11.0. The summed E-state index contributed by atoms with van der Waals surface area (Å²) in [5, 5.41) is 6.43. The van der Waals surface area contributed by atoms with Gasteiger partial charge in [0.2, 0.25) is 5.91 Å². The maximum absolute atomic E-state index is 15.6. The van der Waals surface area contributed by atoms with E-state index in [2.05, 4.69) is 10.4 Å². The van der Waals surface area contributed by atoms with Crippen molar-refractivity contribution in [2.45, 2.75) is 48.4 Å². The van der Waals surface area contributed by atoms with Crippen LogP contribution < -0.4 is 5.32 Å². The lowest BCUT2D eigenvalue weighted by molar-refractivity contribution is -0.302. The number of halogens is 7. The molecule has 0 unspecified atom stereocenters. The van der Waals surface area contributed by atoms with E-state index in [1.165, 1.54) is 41.3 Å². The molecule has 2 aromatic carbocycles. The summed E-state index contributed by atoms with van der Waals surface area (Å²) < 4.78 is 109. The van der Waals surface area contributed by atoms with Crippen LogP contribution >= 0.6 is 0 Å². The minimum atomic E-state index is -4.98. The molecular formula is C32H29F7N6O4. The van der Waals surface area contributed by atoms with Crippen LogP contribution in [-0.4, -0.2) is 99.6 Å². The number of imide groups is 1.